The quantitative estimate of drug-likeness (QED) is 0.783. The molecule has 0 amide bonds. The average Bonchev–Trinajstić information content (AvgIpc) is 2.80. The van der Waals surface area contributed by atoms with Crippen LogP contribution in [0.25, 0.3) is 0 Å². The first-order chi connectivity index (χ1) is 7.36. The summed E-state index contributed by atoms with van der Waals surface area (Å²) < 4.78 is 0. The number of rotatable bonds is 4. The fraction of sp³-hybridized carbons (Fsp3) is 0.538. The lowest BCUT2D eigenvalue weighted by Crippen LogP contribution is -2.26. The lowest BCUT2D eigenvalue weighted by atomic mass is 10.1. The van der Waals surface area contributed by atoms with Crippen LogP contribution < -0.4 is 10.6 Å². The maximum Gasteiger partial charge on any atom is 0.0291 e. The molecule has 1 aliphatic heterocycles. The normalized spacial score (nSPS) is 22.9. The van der Waals surface area contributed by atoms with Gasteiger partial charge in [-0.2, -0.15) is 0 Å². The van der Waals surface area contributed by atoms with Gasteiger partial charge in [-0.1, -0.05) is 30.3 Å². The number of hydrogen-bond acceptors (Lipinski definition) is 2. The molecule has 82 valence electrons. The third-order valence-electron chi connectivity index (χ3n) is 3.17. The molecule has 0 radical (unpaired) electrons. The van der Waals surface area contributed by atoms with Gasteiger partial charge in [0.25, 0.3) is 0 Å². The van der Waals surface area contributed by atoms with E-state index in [1.807, 2.05) is 0 Å². The second kappa shape index (κ2) is 5.29. The van der Waals surface area contributed by atoms with Crippen LogP contribution in [0.15, 0.2) is 30.3 Å². The van der Waals surface area contributed by atoms with Gasteiger partial charge in [-0.05, 0) is 44.5 Å². The van der Waals surface area contributed by atoms with Gasteiger partial charge in [0.05, 0.1) is 0 Å². The Labute approximate surface area is 92.1 Å². The van der Waals surface area contributed by atoms with Crippen molar-refractivity contribution in [1.82, 2.24) is 10.6 Å². The van der Waals surface area contributed by atoms with Crippen LogP contribution in [0.3, 0.4) is 0 Å². The van der Waals surface area contributed by atoms with E-state index in [1.165, 1.54) is 25.1 Å². The molecule has 0 spiro atoms. The van der Waals surface area contributed by atoms with Crippen LogP contribution in [0.4, 0.5) is 0 Å². The SMILES string of the molecule is C[C@@H](NC[C@@H]1CCNC1)c1ccccc1. The number of benzene rings is 1. The summed E-state index contributed by atoms with van der Waals surface area (Å²) >= 11 is 0. The minimum absolute atomic E-state index is 0.465. The summed E-state index contributed by atoms with van der Waals surface area (Å²) in [5, 5.41) is 7.00. The van der Waals surface area contributed by atoms with E-state index < -0.39 is 0 Å². The van der Waals surface area contributed by atoms with Gasteiger partial charge < -0.3 is 10.6 Å². The molecule has 1 aromatic rings. The Hall–Kier alpha value is -0.860. The average molecular weight is 204 g/mol. The smallest absolute Gasteiger partial charge is 0.0291 e. The molecule has 0 aromatic heterocycles. The van der Waals surface area contributed by atoms with Gasteiger partial charge in [0.2, 0.25) is 0 Å². The predicted molar refractivity (Wildman–Crippen MR) is 63.8 cm³/mol. The molecule has 2 N–H and O–H groups in total. The van der Waals surface area contributed by atoms with Crippen molar-refractivity contribution in [3.8, 4) is 0 Å². The number of nitrogens with one attached hydrogen (secondary N) is 2. The Morgan fingerprint density at radius 3 is 2.87 bits per heavy atom. The van der Waals surface area contributed by atoms with Crippen molar-refractivity contribution in [3.05, 3.63) is 35.9 Å². The molecule has 1 aromatic carbocycles. The first-order valence-electron chi connectivity index (χ1n) is 5.85. The monoisotopic (exact) mass is 204 g/mol. The molecular formula is C13H20N2. The van der Waals surface area contributed by atoms with Crippen molar-refractivity contribution >= 4 is 0 Å². The van der Waals surface area contributed by atoms with Gasteiger partial charge in [0.1, 0.15) is 0 Å². The molecule has 2 atom stereocenters. The van der Waals surface area contributed by atoms with E-state index in [0.717, 1.165) is 12.5 Å². The Morgan fingerprint density at radius 2 is 2.20 bits per heavy atom. The van der Waals surface area contributed by atoms with Crippen LogP contribution in [0.5, 0.6) is 0 Å². The minimum Gasteiger partial charge on any atom is -0.316 e. The molecule has 15 heavy (non-hydrogen) atoms. The third-order valence-corrected chi connectivity index (χ3v) is 3.17. The fourth-order valence-electron chi connectivity index (χ4n) is 2.09. The second-order valence-corrected chi connectivity index (χ2v) is 4.40. The van der Waals surface area contributed by atoms with Gasteiger partial charge in [0.15, 0.2) is 0 Å². The Kier molecular flexibility index (Phi) is 3.75. The topological polar surface area (TPSA) is 24.1 Å². The van der Waals surface area contributed by atoms with Crippen LogP contribution in [0.1, 0.15) is 24.9 Å². The van der Waals surface area contributed by atoms with E-state index in [4.69, 9.17) is 0 Å². The summed E-state index contributed by atoms with van der Waals surface area (Å²) in [5.74, 6) is 0.816. The molecule has 0 bridgehead atoms. The van der Waals surface area contributed by atoms with Crippen molar-refractivity contribution in [2.24, 2.45) is 5.92 Å². The summed E-state index contributed by atoms with van der Waals surface area (Å²) in [6.45, 7) is 5.72. The van der Waals surface area contributed by atoms with Gasteiger partial charge in [-0.15, -0.1) is 0 Å². The van der Waals surface area contributed by atoms with E-state index in [-0.39, 0.29) is 0 Å². The summed E-state index contributed by atoms with van der Waals surface area (Å²) in [6, 6.07) is 11.1. The van der Waals surface area contributed by atoms with Crippen molar-refractivity contribution < 1.29 is 0 Å². The van der Waals surface area contributed by atoms with Gasteiger partial charge in [-0.25, -0.2) is 0 Å². The highest BCUT2D eigenvalue weighted by Crippen LogP contribution is 2.13. The van der Waals surface area contributed by atoms with Crippen LogP contribution in [0.2, 0.25) is 0 Å². The summed E-state index contributed by atoms with van der Waals surface area (Å²) in [7, 11) is 0. The van der Waals surface area contributed by atoms with E-state index >= 15 is 0 Å². The van der Waals surface area contributed by atoms with Crippen LogP contribution >= 0.6 is 0 Å². The summed E-state index contributed by atoms with van der Waals surface area (Å²) in [5.41, 5.74) is 1.38. The molecule has 2 rings (SSSR count). The van der Waals surface area contributed by atoms with Crippen LogP contribution in [-0.2, 0) is 0 Å². The molecule has 1 heterocycles. The maximum atomic E-state index is 3.60. The second-order valence-electron chi connectivity index (χ2n) is 4.40. The largest absolute Gasteiger partial charge is 0.316 e. The van der Waals surface area contributed by atoms with Gasteiger partial charge in [-0.3, -0.25) is 0 Å². The van der Waals surface area contributed by atoms with Crippen molar-refractivity contribution in [1.29, 1.82) is 0 Å². The molecule has 0 unspecified atom stereocenters. The van der Waals surface area contributed by atoms with Crippen molar-refractivity contribution in [3.63, 3.8) is 0 Å². The molecule has 0 saturated carbocycles. The molecule has 1 saturated heterocycles. The summed E-state index contributed by atoms with van der Waals surface area (Å²) in [4.78, 5) is 0. The fourth-order valence-corrected chi connectivity index (χ4v) is 2.09. The zero-order valence-electron chi connectivity index (χ0n) is 9.37. The standard InChI is InChI=1S/C13H20N2/c1-11(13-5-3-2-4-6-13)15-10-12-7-8-14-9-12/h2-6,11-12,14-15H,7-10H2,1H3/t11-,12-/m1/s1. The summed E-state index contributed by atoms with van der Waals surface area (Å²) in [6.07, 6.45) is 1.31. The molecule has 1 aliphatic rings. The highest BCUT2D eigenvalue weighted by atomic mass is 15.0. The first kappa shape index (κ1) is 10.7. The predicted octanol–water partition coefficient (Wildman–Crippen LogP) is 1.95. The third kappa shape index (κ3) is 3.05. The maximum absolute atomic E-state index is 3.60. The highest BCUT2D eigenvalue weighted by Gasteiger charge is 2.15. The van der Waals surface area contributed by atoms with Crippen LogP contribution in [-0.4, -0.2) is 19.6 Å². The zero-order chi connectivity index (χ0) is 10.5. The Balaban J connectivity index is 1.79. The van der Waals surface area contributed by atoms with Gasteiger partial charge in [0, 0.05) is 6.04 Å². The molecule has 2 heteroatoms. The highest BCUT2D eigenvalue weighted by molar-refractivity contribution is 5.17. The minimum atomic E-state index is 0.465. The molecule has 1 fully saturated rings. The zero-order valence-corrected chi connectivity index (χ0v) is 9.37. The first-order valence-corrected chi connectivity index (χ1v) is 5.85. The van der Waals surface area contributed by atoms with E-state index in [9.17, 15) is 0 Å². The number of hydrogen-bond donors (Lipinski definition) is 2. The lowest BCUT2D eigenvalue weighted by Gasteiger charge is -2.16. The van der Waals surface area contributed by atoms with Crippen molar-refractivity contribution in [2.45, 2.75) is 19.4 Å². The van der Waals surface area contributed by atoms with Crippen LogP contribution in [0, 0.1) is 5.92 Å². The lowest BCUT2D eigenvalue weighted by molar-refractivity contribution is 0.470. The van der Waals surface area contributed by atoms with E-state index in [1.54, 1.807) is 0 Å². The van der Waals surface area contributed by atoms with Gasteiger partial charge >= 0.3 is 0 Å². The van der Waals surface area contributed by atoms with E-state index in [2.05, 4.69) is 47.9 Å². The Bertz CT molecular complexity index is 278. The van der Waals surface area contributed by atoms with E-state index in [0.29, 0.717) is 6.04 Å². The molecule has 2 nitrogen and oxygen atoms in total. The molecular weight excluding hydrogens is 184 g/mol. The molecule has 0 aliphatic carbocycles. The van der Waals surface area contributed by atoms with Crippen molar-refractivity contribution in [2.75, 3.05) is 19.6 Å². The Morgan fingerprint density at radius 1 is 1.40 bits per heavy atom.